The average Bonchev–Trinajstić information content (AvgIpc) is 2.54. The summed E-state index contributed by atoms with van der Waals surface area (Å²) in [5.74, 6) is -1.39. The van der Waals surface area contributed by atoms with Gasteiger partial charge in [-0.3, -0.25) is 4.79 Å². The summed E-state index contributed by atoms with van der Waals surface area (Å²) >= 11 is 0. The fourth-order valence-electron chi connectivity index (χ4n) is 1.85. The van der Waals surface area contributed by atoms with Crippen LogP contribution >= 0.6 is 0 Å². The number of carboxylic acids is 1. The molecule has 0 aromatic heterocycles. The summed E-state index contributed by atoms with van der Waals surface area (Å²) in [6.45, 7) is 0. The van der Waals surface area contributed by atoms with Gasteiger partial charge in [-0.25, -0.2) is 4.79 Å². The van der Waals surface area contributed by atoms with Crippen LogP contribution in [0.4, 0.5) is 5.69 Å². The van der Waals surface area contributed by atoms with Crippen LogP contribution in [0.3, 0.4) is 0 Å². The molecule has 2 N–H and O–H groups in total. The SMILES string of the molecule is COc1ccc(C(=O)O)c(C(=O)Nc2ccc(C#N)cc2)c1. The summed E-state index contributed by atoms with van der Waals surface area (Å²) in [4.78, 5) is 23.5. The van der Waals surface area contributed by atoms with Gasteiger partial charge < -0.3 is 15.2 Å². The van der Waals surface area contributed by atoms with Crippen LogP contribution in [0, 0.1) is 11.3 Å². The molecule has 0 aliphatic carbocycles. The predicted molar refractivity (Wildman–Crippen MR) is 79.1 cm³/mol. The van der Waals surface area contributed by atoms with Crippen molar-refractivity contribution in [2.75, 3.05) is 12.4 Å². The van der Waals surface area contributed by atoms with Crippen molar-refractivity contribution in [2.45, 2.75) is 0 Å². The maximum atomic E-state index is 12.3. The number of hydrogen-bond acceptors (Lipinski definition) is 4. The number of rotatable bonds is 4. The second kappa shape index (κ2) is 6.41. The number of amides is 1. The largest absolute Gasteiger partial charge is 0.497 e. The molecule has 6 nitrogen and oxygen atoms in total. The second-order valence-electron chi connectivity index (χ2n) is 4.36. The van der Waals surface area contributed by atoms with Crippen molar-refractivity contribution in [3.05, 3.63) is 59.2 Å². The first-order chi connectivity index (χ1) is 10.5. The highest BCUT2D eigenvalue weighted by Crippen LogP contribution is 2.19. The van der Waals surface area contributed by atoms with Crippen molar-refractivity contribution in [2.24, 2.45) is 0 Å². The number of benzene rings is 2. The maximum absolute atomic E-state index is 12.3. The van der Waals surface area contributed by atoms with Gasteiger partial charge in [-0.15, -0.1) is 0 Å². The van der Waals surface area contributed by atoms with Crippen molar-refractivity contribution >= 4 is 17.6 Å². The molecular weight excluding hydrogens is 284 g/mol. The molecule has 0 aliphatic heterocycles. The Morgan fingerprint density at radius 1 is 1.14 bits per heavy atom. The molecule has 0 bridgehead atoms. The number of aromatic carboxylic acids is 1. The van der Waals surface area contributed by atoms with E-state index >= 15 is 0 Å². The van der Waals surface area contributed by atoms with E-state index in [1.165, 1.54) is 25.3 Å². The van der Waals surface area contributed by atoms with Crippen molar-refractivity contribution in [1.29, 1.82) is 5.26 Å². The highest BCUT2D eigenvalue weighted by Gasteiger charge is 2.17. The number of carbonyl (C=O) groups excluding carboxylic acids is 1. The minimum atomic E-state index is -1.20. The lowest BCUT2D eigenvalue weighted by atomic mass is 10.1. The van der Waals surface area contributed by atoms with Crippen LogP contribution in [-0.2, 0) is 0 Å². The number of carboxylic acid groups (broad SMARTS) is 1. The van der Waals surface area contributed by atoms with Gasteiger partial charge in [0.25, 0.3) is 5.91 Å². The molecule has 2 aromatic carbocycles. The minimum absolute atomic E-state index is 0.00351. The lowest BCUT2D eigenvalue weighted by Crippen LogP contribution is -2.16. The molecule has 0 heterocycles. The lowest BCUT2D eigenvalue weighted by Gasteiger charge is -2.09. The standard InChI is InChI=1S/C16H12N2O4/c1-22-12-6-7-13(16(20)21)14(8-12)15(19)18-11-4-2-10(9-17)3-5-11/h2-8H,1H3,(H,18,19)(H,20,21). The Kier molecular flexibility index (Phi) is 4.39. The van der Waals surface area contributed by atoms with E-state index in [0.717, 1.165) is 0 Å². The summed E-state index contributed by atoms with van der Waals surface area (Å²) in [5, 5.41) is 20.5. The lowest BCUT2D eigenvalue weighted by molar-refractivity contribution is 0.0692. The molecule has 0 spiro atoms. The van der Waals surface area contributed by atoms with Gasteiger partial charge in [-0.2, -0.15) is 5.26 Å². The van der Waals surface area contributed by atoms with Crippen LogP contribution in [0.2, 0.25) is 0 Å². The summed E-state index contributed by atoms with van der Waals surface area (Å²) in [7, 11) is 1.43. The summed E-state index contributed by atoms with van der Waals surface area (Å²) in [5.41, 5.74) is 0.803. The molecule has 0 atom stereocenters. The third-order valence-corrected chi connectivity index (χ3v) is 2.97. The van der Waals surface area contributed by atoms with E-state index in [4.69, 9.17) is 15.1 Å². The molecule has 110 valence electrons. The van der Waals surface area contributed by atoms with E-state index in [0.29, 0.717) is 17.0 Å². The minimum Gasteiger partial charge on any atom is -0.497 e. The molecule has 0 unspecified atom stereocenters. The quantitative estimate of drug-likeness (QED) is 0.903. The number of nitriles is 1. The number of anilines is 1. The molecule has 0 fully saturated rings. The molecule has 6 heteroatoms. The number of hydrogen-bond donors (Lipinski definition) is 2. The Morgan fingerprint density at radius 2 is 1.82 bits per heavy atom. The zero-order chi connectivity index (χ0) is 16.1. The predicted octanol–water partition coefficient (Wildman–Crippen LogP) is 2.52. The number of ether oxygens (including phenoxy) is 1. The van der Waals surface area contributed by atoms with Gasteiger partial charge in [0.2, 0.25) is 0 Å². The molecular formula is C16H12N2O4. The Labute approximate surface area is 126 Å². The maximum Gasteiger partial charge on any atom is 0.336 e. The Bertz CT molecular complexity index is 761. The van der Waals surface area contributed by atoms with Crippen LogP contribution in [0.15, 0.2) is 42.5 Å². The third kappa shape index (κ3) is 3.22. The first-order valence-corrected chi connectivity index (χ1v) is 6.28. The summed E-state index contributed by atoms with van der Waals surface area (Å²) in [6.07, 6.45) is 0. The van der Waals surface area contributed by atoms with Crippen molar-refractivity contribution in [3.63, 3.8) is 0 Å². The number of methoxy groups -OCH3 is 1. The van der Waals surface area contributed by atoms with Gasteiger partial charge in [0, 0.05) is 5.69 Å². The molecule has 2 aromatic rings. The fourth-order valence-corrected chi connectivity index (χ4v) is 1.85. The van der Waals surface area contributed by atoms with Crippen LogP contribution in [-0.4, -0.2) is 24.1 Å². The molecule has 0 aliphatic rings. The first-order valence-electron chi connectivity index (χ1n) is 6.28. The van der Waals surface area contributed by atoms with E-state index in [2.05, 4.69) is 5.32 Å². The van der Waals surface area contributed by atoms with E-state index < -0.39 is 11.9 Å². The molecule has 22 heavy (non-hydrogen) atoms. The average molecular weight is 296 g/mol. The highest BCUT2D eigenvalue weighted by molar-refractivity contribution is 6.11. The molecule has 0 radical (unpaired) electrons. The molecule has 2 rings (SSSR count). The van der Waals surface area contributed by atoms with Crippen LogP contribution < -0.4 is 10.1 Å². The van der Waals surface area contributed by atoms with Gasteiger partial charge in [-0.1, -0.05) is 0 Å². The summed E-state index contributed by atoms with van der Waals surface area (Å²) < 4.78 is 5.01. The van der Waals surface area contributed by atoms with Crippen molar-refractivity contribution in [3.8, 4) is 11.8 Å². The smallest absolute Gasteiger partial charge is 0.336 e. The van der Waals surface area contributed by atoms with E-state index in [9.17, 15) is 9.59 Å². The van der Waals surface area contributed by atoms with E-state index in [1.54, 1.807) is 24.3 Å². The van der Waals surface area contributed by atoms with Gasteiger partial charge in [0.1, 0.15) is 5.75 Å². The Hall–Kier alpha value is -3.33. The summed E-state index contributed by atoms with van der Waals surface area (Å²) in [6, 6.07) is 12.4. The second-order valence-corrected chi connectivity index (χ2v) is 4.36. The first kappa shape index (κ1) is 15.1. The monoisotopic (exact) mass is 296 g/mol. The van der Waals surface area contributed by atoms with Gasteiger partial charge in [0.05, 0.1) is 29.9 Å². The van der Waals surface area contributed by atoms with Crippen LogP contribution in [0.25, 0.3) is 0 Å². The zero-order valence-corrected chi connectivity index (χ0v) is 11.7. The zero-order valence-electron chi connectivity index (χ0n) is 11.7. The van der Waals surface area contributed by atoms with Gasteiger partial charge in [0.15, 0.2) is 0 Å². The van der Waals surface area contributed by atoms with E-state index in [1.807, 2.05) is 6.07 Å². The van der Waals surface area contributed by atoms with Crippen molar-refractivity contribution in [1.82, 2.24) is 0 Å². The van der Waals surface area contributed by atoms with Crippen molar-refractivity contribution < 1.29 is 19.4 Å². The number of nitrogens with zero attached hydrogens (tertiary/aromatic N) is 1. The normalized spacial score (nSPS) is 9.64. The number of nitrogens with one attached hydrogen (secondary N) is 1. The molecule has 0 saturated heterocycles. The van der Waals surface area contributed by atoms with Gasteiger partial charge in [-0.05, 0) is 42.5 Å². The Balaban J connectivity index is 2.31. The van der Waals surface area contributed by atoms with Crippen LogP contribution in [0.5, 0.6) is 5.75 Å². The highest BCUT2D eigenvalue weighted by atomic mass is 16.5. The number of carbonyl (C=O) groups is 2. The van der Waals surface area contributed by atoms with Crippen LogP contribution in [0.1, 0.15) is 26.3 Å². The fraction of sp³-hybridized carbons (Fsp3) is 0.0625. The molecule has 0 saturated carbocycles. The Morgan fingerprint density at radius 3 is 2.36 bits per heavy atom. The van der Waals surface area contributed by atoms with E-state index in [-0.39, 0.29) is 11.1 Å². The van der Waals surface area contributed by atoms with Gasteiger partial charge >= 0.3 is 5.97 Å². The third-order valence-electron chi connectivity index (χ3n) is 2.97. The molecule has 1 amide bonds. The topological polar surface area (TPSA) is 99.4 Å².